The minimum absolute atomic E-state index is 0.126. The van der Waals surface area contributed by atoms with Crippen molar-refractivity contribution in [2.75, 3.05) is 19.8 Å². The molecule has 0 amide bonds. The predicted octanol–water partition coefficient (Wildman–Crippen LogP) is 2.75. The van der Waals surface area contributed by atoms with Gasteiger partial charge < -0.3 is 15.2 Å². The third-order valence-electron chi connectivity index (χ3n) is 2.70. The molecule has 0 bridgehead atoms. The summed E-state index contributed by atoms with van der Waals surface area (Å²) in [6.07, 6.45) is -4.73. The molecule has 1 unspecified atom stereocenters. The number of rotatable bonds is 6. The molecule has 8 heteroatoms. The lowest BCUT2D eigenvalue weighted by Crippen LogP contribution is -2.54. The molecule has 1 rings (SSSR count). The van der Waals surface area contributed by atoms with Crippen LogP contribution in [0.3, 0.4) is 0 Å². The number of carbonyl (C=O) groups excluding carboxylic acids is 1. The van der Waals surface area contributed by atoms with Crippen molar-refractivity contribution in [3.05, 3.63) is 34.3 Å². The lowest BCUT2D eigenvalue weighted by Gasteiger charge is -2.32. The van der Waals surface area contributed by atoms with Crippen LogP contribution in [0.4, 0.5) is 13.2 Å². The fourth-order valence-corrected chi connectivity index (χ4v) is 1.99. The third kappa shape index (κ3) is 4.69. The van der Waals surface area contributed by atoms with Gasteiger partial charge in [0.1, 0.15) is 6.61 Å². The summed E-state index contributed by atoms with van der Waals surface area (Å²) in [6.45, 7) is 0.242. The number of hydrogen-bond donors (Lipinski definition) is 1. The van der Waals surface area contributed by atoms with Gasteiger partial charge in [-0.1, -0.05) is 28.1 Å². The summed E-state index contributed by atoms with van der Waals surface area (Å²) in [7, 11) is 0. The highest BCUT2D eigenvalue weighted by Crippen LogP contribution is 2.37. The largest absolute Gasteiger partial charge is 0.464 e. The first kappa shape index (κ1) is 17.9. The molecule has 4 nitrogen and oxygen atoms in total. The molecule has 21 heavy (non-hydrogen) atoms. The minimum atomic E-state index is -4.73. The fraction of sp³-hybridized carbons (Fsp3) is 0.462. The summed E-state index contributed by atoms with van der Waals surface area (Å²) < 4.78 is 49.6. The lowest BCUT2D eigenvalue weighted by atomic mass is 9.91. The number of carbonyl (C=O) groups is 1. The van der Waals surface area contributed by atoms with Gasteiger partial charge in [0.15, 0.2) is 5.54 Å². The highest BCUT2D eigenvalue weighted by molar-refractivity contribution is 9.10. The predicted molar refractivity (Wildman–Crippen MR) is 73.5 cm³/mol. The van der Waals surface area contributed by atoms with Crippen molar-refractivity contribution >= 4 is 21.9 Å². The Kier molecular flexibility index (Phi) is 6.18. The molecule has 0 aromatic heterocycles. The van der Waals surface area contributed by atoms with Gasteiger partial charge in [0.25, 0.3) is 0 Å². The standard InChI is InChI=1S/C13H15BrF3NO3/c1-2-21-11(19)7-20-8-12(18,13(15,16)17)9-4-3-5-10(14)6-9/h3-6H,2,7-8,18H2,1H3. The smallest absolute Gasteiger partial charge is 0.412 e. The number of benzene rings is 1. The zero-order valence-electron chi connectivity index (χ0n) is 11.2. The molecule has 0 heterocycles. The zero-order chi connectivity index (χ0) is 16.1. The summed E-state index contributed by atoms with van der Waals surface area (Å²) in [5, 5.41) is 0. The van der Waals surface area contributed by atoms with Crippen LogP contribution in [0.1, 0.15) is 12.5 Å². The van der Waals surface area contributed by atoms with Gasteiger partial charge in [-0.3, -0.25) is 0 Å². The summed E-state index contributed by atoms with van der Waals surface area (Å²) >= 11 is 3.10. The fourth-order valence-electron chi connectivity index (χ4n) is 1.59. The Labute approximate surface area is 128 Å². The van der Waals surface area contributed by atoms with Gasteiger partial charge in [0, 0.05) is 4.47 Å². The Balaban J connectivity index is 2.88. The summed E-state index contributed by atoms with van der Waals surface area (Å²) in [5.74, 6) is -0.740. The van der Waals surface area contributed by atoms with Gasteiger partial charge in [-0.25, -0.2) is 4.79 Å². The summed E-state index contributed by atoms with van der Waals surface area (Å²) in [4.78, 5) is 11.1. The quantitative estimate of drug-likeness (QED) is 0.783. The van der Waals surface area contributed by atoms with E-state index in [1.54, 1.807) is 13.0 Å². The van der Waals surface area contributed by atoms with Crippen LogP contribution in [0, 0.1) is 0 Å². The number of hydrogen-bond acceptors (Lipinski definition) is 4. The second kappa shape index (κ2) is 7.24. The molecule has 0 spiro atoms. The summed E-state index contributed by atoms with van der Waals surface area (Å²) in [5.41, 5.74) is 2.64. The molecule has 0 saturated heterocycles. The van der Waals surface area contributed by atoms with Crippen molar-refractivity contribution in [1.29, 1.82) is 0 Å². The van der Waals surface area contributed by atoms with Crippen molar-refractivity contribution in [1.82, 2.24) is 0 Å². The summed E-state index contributed by atoms with van der Waals surface area (Å²) in [6, 6.07) is 5.55. The molecule has 0 aliphatic heterocycles. The molecule has 0 aliphatic carbocycles. The molecule has 0 aliphatic rings. The van der Waals surface area contributed by atoms with Crippen LogP contribution >= 0.6 is 15.9 Å². The van der Waals surface area contributed by atoms with E-state index in [4.69, 9.17) is 10.5 Å². The van der Waals surface area contributed by atoms with Crippen LogP contribution in [0.25, 0.3) is 0 Å². The second-order valence-corrected chi connectivity index (χ2v) is 5.19. The van der Waals surface area contributed by atoms with Crippen molar-refractivity contribution < 1.29 is 27.4 Å². The van der Waals surface area contributed by atoms with E-state index in [1.807, 2.05) is 0 Å². The van der Waals surface area contributed by atoms with Crippen LogP contribution in [0.2, 0.25) is 0 Å². The van der Waals surface area contributed by atoms with Gasteiger partial charge in [0.05, 0.1) is 13.2 Å². The van der Waals surface area contributed by atoms with E-state index in [0.717, 1.165) is 0 Å². The van der Waals surface area contributed by atoms with Crippen molar-refractivity contribution in [3.63, 3.8) is 0 Å². The highest BCUT2D eigenvalue weighted by atomic mass is 79.9. The lowest BCUT2D eigenvalue weighted by molar-refractivity contribution is -0.206. The Morgan fingerprint density at radius 1 is 1.38 bits per heavy atom. The van der Waals surface area contributed by atoms with E-state index in [1.165, 1.54) is 18.2 Å². The van der Waals surface area contributed by atoms with E-state index in [2.05, 4.69) is 20.7 Å². The molecule has 1 atom stereocenters. The third-order valence-corrected chi connectivity index (χ3v) is 3.19. The Hall–Kier alpha value is -1.12. The SMILES string of the molecule is CCOC(=O)COCC(N)(c1cccc(Br)c1)C(F)(F)F. The molecule has 0 saturated carbocycles. The monoisotopic (exact) mass is 369 g/mol. The Bertz CT molecular complexity index is 496. The molecular formula is C13H15BrF3NO3. The number of ether oxygens (including phenoxy) is 2. The first-order valence-corrected chi connectivity index (χ1v) is 6.85. The molecule has 2 N–H and O–H groups in total. The van der Waals surface area contributed by atoms with Crippen LogP contribution in [-0.4, -0.2) is 32.0 Å². The first-order valence-electron chi connectivity index (χ1n) is 6.05. The van der Waals surface area contributed by atoms with E-state index in [0.29, 0.717) is 4.47 Å². The number of halogens is 4. The van der Waals surface area contributed by atoms with Crippen molar-refractivity contribution in [3.8, 4) is 0 Å². The molecule has 1 aromatic carbocycles. The van der Waals surface area contributed by atoms with Crippen LogP contribution in [-0.2, 0) is 19.8 Å². The maximum Gasteiger partial charge on any atom is 0.412 e. The van der Waals surface area contributed by atoms with Crippen LogP contribution in [0.15, 0.2) is 28.7 Å². The molecular weight excluding hydrogens is 355 g/mol. The van der Waals surface area contributed by atoms with Gasteiger partial charge in [-0.05, 0) is 24.6 Å². The first-order chi connectivity index (χ1) is 9.70. The van der Waals surface area contributed by atoms with E-state index in [9.17, 15) is 18.0 Å². The van der Waals surface area contributed by atoms with E-state index >= 15 is 0 Å². The number of esters is 1. The van der Waals surface area contributed by atoms with Crippen LogP contribution < -0.4 is 5.73 Å². The minimum Gasteiger partial charge on any atom is -0.464 e. The molecule has 1 aromatic rings. The maximum absolute atomic E-state index is 13.3. The Morgan fingerprint density at radius 3 is 2.57 bits per heavy atom. The van der Waals surface area contributed by atoms with Crippen molar-refractivity contribution in [2.45, 2.75) is 18.6 Å². The Morgan fingerprint density at radius 2 is 2.05 bits per heavy atom. The highest BCUT2D eigenvalue weighted by Gasteiger charge is 2.53. The zero-order valence-corrected chi connectivity index (χ0v) is 12.8. The van der Waals surface area contributed by atoms with E-state index in [-0.39, 0.29) is 12.2 Å². The van der Waals surface area contributed by atoms with Gasteiger partial charge in [-0.2, -0.15) is 13.2 Å². The van der Waals surface area contributed by atoms with Gasteiger partial charge >= 0.3 is 12.1 Å². The topological polar surface area (TPSA) is 61.5 Å². The average Bonchev–Trinajstić information content (AvgIpc) is 2.37. The molecule has 118 valence electrons. The normalized spacial score (nSPS) is 14.6. The van der Waals surface area contributed by atoms with Gasteiger partial charge in [0.2, 0.25) is 0 Å². The number of nitrogens with two attached hydrogens (primary N) is 1. The van der Waals surface area contributed by atoms with E-state index < -0.39 is 30.9 Å². The van der Waals surface area contributed by atoms with Crippen molar-refractivity contribution in [2.24, 2.45) is 5.73 Å². The average molecular weight is 370 g/mol. The maximum atomic E-state index is 13.3. The molecule has 0 radical (unpaired) electrons. The number of alkyl halides is 3. The van der Waals surface area contributed by atoms with Crippen LogP contribution in [0.5, 0.6) is 0 Å². The van der Waals surface area contributed by atoms with Gasteiger partial charge in [-0.15, -0.1) is 0 Å². The molecule has 0 fully saturated rings. The second-order valence-electron chi connectivity index (χ2n) is 4.28.